The lowest BCUT2D eigenvalue weighted by Gasteiger charge is -2.32. The molecule has 0 radical (unpaired) electrons. The zero-order chi connectivity index (χ0) is 17.0. The lowest BCUT2D eigenvalue weighted by atomic mass is 9.94. The highest BCUT2D eigenvalue weighted by Gasteiger charge is 2.28. The minimum atomic E-state index is -0.512. The van der Waals surface area contributed by atoms with Crippen LogP contribution < -0.4 is 5.32 Å². The van der Waals surface area contributed by atoms with E-state index in [1.165, 1.54) is 18.2 Å². The van der Waals surface area contributed by atoms with Crippen molar-refractivity contribution in [3.63, 3.8) is 0 Å². The van der Waals surface area contributed by atoms with Crippen molar-refractivity contribution in [2.24, 2.45) is 11.8 Å². The number of anilines is 1. The van der Waals surface area contributed by atoms with E-state index in [-0.39, 0.29) is 28.7 Å². The van der Waals surface area contributed by atoms with Crippen molar-refractivity contribution in [3.8, 4) is 0 Å². The van der Waals surface area contributed by atoms with Crippen molar-refractivity contribution >= 4 is 29.1 Å². The van der Waals surface area contributed by atoms with Crippen LogP contribution in [0.2, 0.25) is 5.02 Å². The molecule has 4 nitrogen and oxygen atoms in total. The average Bonchev–Trinajstić information content (AvgIpc) is 2.57. The van der Waals surface area contributed by atoms with E-state index in [1.54, 1.807) is 0 Å². The summed E-state index contributed by atoms with van der Waals surface area (Å²) < 4.78 is 13.1. The van der Waals surface area contributed by atoms with Gasteiger partial charge in [-0.15, -0.1) is 0 Å². The Kier molecular flexibility index (Phi) is 5.99. The maximum atomic E-state index is 13.1. The summed E-state index contributed by atoms with van der Waals surface area (Å²) in [6.07, 6.45) is 2.11. The first kappa shape index (κ1) is 17.7. The summed E-state index contributed by atoms with van der Waals surface area (Å²) in [7, 11) is 0. The molecule has 1 atom stereocenters. The highest BCUT2D eigenvalue weighted by molar-refractivity contribution is 6.31. The number of nitrogens with zero attached hydrogens (tertiary/aromatic N) is 1. The Bertz CT molecular complexity index is 586. The van der Waals surface area contributed by atoms with E-state index in [9.17, 15) is 14.0 Å². The number of hydrogen-bond acceptors (Lipinski definition) is 2. The number of benzene rings is 1. The first-order valence-electron chi connectivity index (χ1n) is 7.97. The van der Waals surface area contributed by atoms with Crippen LogP contribution in [0, 0.1) is 17.7 Å². The van der Waals surface area contributed by atoms with E-state index in [0.717, 1.165) is 6.42 Å². The summed E-state index contributed by atoms with van der Waals surface area (Å²) in [4.78, 5) is 26.3. The van der Waals surface area contributed by atoms with Gasteiger partial charge in [-0.05, 0) is 37.5 Å². The second kappa shape index (κ2) is 7.77. The monoisotopic (exact) mass is 340 g/mol. The molecule has 1 aliphatic heterocycles. The van der Waals surface area contributed by atoms with Crippen molar-refractivity contribution in [1.29, 1.82) is 0 Å². The zero-order valence-electron chi connectivity index (χ0n) is 13.4. The van der Waals surface area contributed by atoms with Gasteiger partial charge in [0.25, 0.3) is 0 Å². The van der Waals surface area contributed by atoms with Gasteiger partial charge in [0.15, 0.2) is 0 Å². The van der Waals surface area contributed by atoms with Crippen LogP contribution in [0.15, 0.2) is 18.2 Å². The summed E-state index contributed by atoms with van der Waals surface area (Å²) >= 11 is 5.71. The number of likely N-dealkylation sites (tertiary alicyclic amines) is 1. The molecule has 126 valence electrons. The maximum absolute atomic E-state index is 13.1. The van der Waals surface area contributed by atoms with Crippen molar-refractivity contribution in [3.05, 3.63) is 29.0 Å². The molecule has 0 aromatic heterocycles. The molecular formula is C17H22ClFN2O2. The molecule has 2 amide bonds. The number of piperidine rings is 1. The molecule has 1 aromatic rings. The van der Waals surface area contributed by atoms with Crippen LogP contribution in [-0.4, -0.2) is 29.8 Å². The number of halogens is 2. The first-order chi connectivity index (χ1) is 10.9. The first-order valence-corrected chi connectivity index (χ1v) is 8.34. The summed E-state index contributed by atoms with van der Waals surface area (Å²) in [5.74, 6) is -0.567. The molecule has 2 rings (SSSR count). The Morgan fingerprint density at radius 2 is 2.04 bits per heavy atom. The van der Waals surface area contributed by atoms with Crippen LogP contribution in [0.1, 0.15) is 33.1 Å². The van der Waals surface area contributed by atoms with Gasteiger partial charge in [-0.1, -0.05) is 25.4 Å². The lowest BCUT2D eigenvalue weighted by Crippen LogP contribution is -2.43. The third-order valence-corrected chi connectivity index (χ3v) is 4.69. The van der Waals surface area contributed by atoms with Crippen LogP contribution in [0.4, 0.5) is 10.1 Å². The number of rotatable bonds is 4. The Balaban J connectivity index is 1.88. The van der Waals surface area contributed by atoms with Crippen LogP contribution >= 0.6 is 11.6 Å². The predicted molar refractivity (Wildman–Crippen MR) is 88.8 cm³/mol. The highest BCUT2D eigenvalue weighted by Crippen LogP contribution is 2.23. The van der Waals surface area contributed by atoms with Crippen LogP contribution in [-0.2, 0) is 9.59 Å². The minimum Gasteiger partial charge on any atom is -0.342 e. The average molecular weight is 341 g/mol. The number of nitrogens with one attached hydrogen (secondary N) is 1. The van der Waals surface area contributed by atoms with E-state index < -0.39 is 5.82 Å². The van der Waals surface area contributed by atoms with Crippen molar-refractivity contribution in [1.82, 2.24) is 4.90 Å². The van der Waals surface area contributed by atoms with Gasteiger partial charge in [0, 0.05) is 30.6 Å². The van der Waals surface area contributed by atoms with E-state index >= 15 is 0 Å². The fraction of sp³-hybridized carbons (Fsp3) is 0.529. The molecule has 0 aliphatic carbocycles. The highest BCUT2D eigenvalue weighted by atomic mass is 35.5. The molecule has 1 heterocycles. The molecule has 0 spiro atoms. The fourth-order valence-corrected chi connectivity index (χ4v) is 2.85. The fourth-order valence-electron chi connectivity index (χ4n) is 2.67. The molecule has 1 aromatic carbocycles. The number of hydrogen-bond donors (Lipinski definition) is 1. The van der Waals surface area contributed by atoms with Crippen LogP contribution in [0.25, 0.3) is 0 Å². The summed E-state index contributed by atoms with van der Waals surface area (Å²) in [5, 5.41) is 2.75. The van der Waals surface area contributed by atoms with Gasteiger partial charge in [0.1, 0.15) is 5.82 Å². The quantitative estimate of drug-likeness (QED) is 0.908. The Morgan fingerprint density at radius 1 is 1.39 bits per heavy atom. The molecule has 1 fully saturated rings. The number of amides is 2. The second-order valence-electron chi connectivity index (χ2n) is 6.03. The summed E-state index contributed by atoms with van der Waals surface area (Å²) in [6, 6.07) is 4.11. The Labute approximate surface area is 141 Å². The molecule has 0 saturated carbocycles. The van der Waals surface area contributed by atoms with Crippen LogP contribution in [0.5, 0.6) is 0 Å². The third-order valence-electron chi connectivity index (χ3n) is 4.40. The lowest BCUT2D eigenvalue weighted by molar-refractivity contribution is -0.138. The van der Waals surface area contributed by atoms with Gasteiger partial charge >= 0.3 is 0 Å². The Hall–Kier alpha value is -1.62. The Morgan fingerprint density at radius 3 is 2.61 bits per heavy atom. The van der Waals surface area contributed by atoms with Gasteiger partial charge < -0.3 is 10.2 Å². The minimum absolute atomic E-state index is 0.0169. The number of carbonyl (C=O) groups excluding carboxylic acids is 2. The molecule has 1 unspecified atom stereocenters. The molecule has 6 heteroatoms. The summed E-state index contributed by atoms with van der Waals surface area (Å²) in [5.41, 5.74) is 0.486. The second-order valence-corrected chi connectivity index (χ2v) is 6.43. The van der Waals surface area contributed by atoms with E-state index in [2.05, 4.69) is 5.32 Å². The van der Waals surface area contributed by atoms with Gasteiger partial charge in [-0.25, -0.2) is 4.39 Å². The molecule has 1 N–H and O–H groups in total. The largest absolute Gasteiger partial charge is 0.342 e. The number of carbonyl (C=O) groups is 2. The molecule has 1 saturated heterocycles. The van der Waals surface area contributed by atoms with E-state index in [4.69, 9.17) is 11.6 Å². The smallest absolute Gasteiger partial charge is 0.227 e. The molecule has 1 aliphatic rings. The normalized spacial score (nSPS) is 17.0. The SMILES string of the molecule is CCC(C)C(=O)N1CCC(C(=O)Nc2ccc(F)c(Cl)c2)CC1. The third kappa shape index (κ3) is 4.44. The maximum Gasteiger partial charge on any atom is 0.227 e. The van der Waals surface area contributed by atoms with Gasteiger partial charge in [0.2, 0.25) is 11.8 Å². The predicted octanol–water partition coefficient (Wildman–Crippen LogP) is 3.70. The van der Waals surface area contributed by atoms with Crippen molar-refractivity contribution < 1.29 is 14.0 Å². The van der Waals surface area contributed by atoms with Gasteiger partial charge in [0.05, 0.1) is 5.02 Å². The van der Waals surface area contributed by atoms with Crippen LogP contribution in [0.3, 0.4) is 0 Å². The molecule has 23 heavy (non-hydrogen) atoms. The van der Waals surface area contributed by atoms with E-state index in [1.807, 2.05) is 18.7 Å². The molecule has 0 bridgehead atoms. The van der Waals surface area contributed by atoms with Gasteiger partial charge in [-0.2, -0.15) is 0 Å². The molecular weight excluding hydrogens is 319 g/mol. The summed E-state index contributed by atoms with van der Waals surface area (Å²) in [6.45, 7) is 5.13. The van der Waals surface area contributed by atoms with Crippen molar-refractivity contribution in [2.75, 3.05) is 18.4 Å². The topological polar surface area (TPSA) is 49.4 Å². The standard InChI is InChI=1S/C17H22ClFN2O2/c1-3-11(2)17(23)21-8-6-12(7-9-21)16(22)20-13-4-5-15(19)14(18)10-13/h4-5,10-12H,3,6-9H2,1-2H3,(H,20,22). The van der Waals surface area contributed by atoms with E-state index in [0.29, 0.717) is 31.6 Å². The van der Waals surface area contributed by atoms with Crippen molar-refractivity contribution in [2.45, 2.75) is 33.1 Å². The van der Waals surface area contributed by atoms with Gasteiger partial charge in [-0.3, -0.25) is 9.59 Å². The zero-order valence-corrected chi connectivity index (χ0v) is 14.2.